The van der Waals surface area contributed by atoms with Crippen LogP contribution in [0.25, 0.3) is 0 Å². The summed E-state index contributed by atoms with van der Waals surface area (Å²) in [6.07, 6.45) is 0. The fourth-order valence-corrected chi connectivity index (χ4v) is 18.3. The molecule has 0 N–H and O–H groups in total. The van der Waals surface area contributed by atoms with E-state index in [1.165, 1.54) is 27.0 Å². The molecule has 0 spiro atoms. The summed E-state index contributed by atoms with van der Waals surface area (Å²) in [5.41, 5.74) is 2.71. The number of hydrogen-bond donors (Lipinski definition) is 0. The van der Waals surface area contributed by atoms with E-state index in [0.717, 1.165) is 5.75 Å². The second kappa shape index (κ2) is 14.1. The van der Waals surface area contributed by atoms with Crippen molar-refractivity contribution in [1.82, 2.24) is 0 Å². The Hall–Kier alpha value is -4.01. The predicted octanol–water partition coefficient (Wildman–Crippen LogP) is 10.9. The molecule has 49 heavy (non-hydrogen) atoms. The minimum atomic E-state index is -3.62. The van der Waals surface area contributed by atoms with Crippen LogP contribution < -0.4 is 29.9 Å². The van der Waals surface area contributed by atoms with Gasteiger partial charge in [0.15, 0.2) is 0 Å². The number of rotatable bonds is 11. The molecule has 0 bridgehead atoms. The molecule has 0 unspecified atom stereocenters. The third-order valence-electron chi connectivity index (χ3n) is 10.3. The Labute approximate surface area is 296 Å². The summed E-state index contributed by atoms with van der Waals surface area (Å²) in [5, 5.41) is 3.39. The Morgan fingerprint density at radius 1 is 0.469 bits per heavy atom. The summed E-state index contributed by atoms with van der Waals surface area (Å²) in [7, 11) is -1.04. The Morgan fingerprint density at radius 3 is 1.31 bits per heavy atom. The second-order valence-electron chi connectivity index (χ2n) is 15.7. The molecule has 3 nitrogen and oxygen atoms in total. The maximum atomic E-state index is 7.06. The molecular formula is C44H54BO3P. The zero-order chi connectivity index (χ0) is 35.5. The van der Waals surface area contributed by atoms with Crippen molar-refractivity contribution in [3.63, 3.8) is 0 Å². The van der Waals surface area contributed by atoms with E-state index in [0.29, 0.717) is 23.3 Å². The van der Waals surface area contributed by atoms with Crippen LogP contribution in [0.1, 0.15) is 92.2 Å². The molecule has 0 aliphatic heterocycles. The molecule has 5 aromatic carbocycles. The minimum absolute atomic E-state index is 0.259. The Balaban J connectivity index is 1.91. The van der Waals surface area contributed by atoms with Crippen LogP contribution in [0.5, 0.6) is 17.2 Å². The van der Waals surface area contributed by atoms with Crippen molar-refractivity contribution in [2.45, 2.75) is 91.4 Å². The summed E-state index contributed by atoms with van der Waals surface area (Å²) >= 11 is 0. The molecular weight excluding hydrogens is 618 g/mol. The van der Waals surface area contributed by atoms with E-state index in [9.17, 15) is 0 Å². The molecule has 5 heteroatoms. The van der Waals surface area contributed by atoms with Gasteiger partial charge in [-0.1, -0.05) is 0 Å². The summed E-state index contributed by atoms with van der Waals surface area (Å²) in [5.74, 6) is 2.82. The van der Waals surface area contributed by atoms with Crippen LogP contribution in [-0.2, 0) is 0 Å². The molecule has 0 fully saturated rings. The molecule has 0 radical (unpaired) electrons. The first-order valence-corrected chi connectivity index (χ1v) is 19.9. The Bertz CT molecular complexity index is 1740. The van der Waals surface area contributed by atoms with Crippen molar-refractivity contribution < 1.29 is 14.0 Å². The van der Waals surface area contributed by atoms with Gasteiger partial charge in [0.2, 0.25) is 0 Å². The average Bonchev–Trinajstić information content (AvgIpc) is 3.06. The van der Waals surface area contributed by atoms with Gasteiger partial charge in [0, 0.05) is 0 Å². The maximum absolute atomic E-state index is 7.06. The topological polar surface area (TPSA) is 27.7 Å². The zero-order valence-corrected chi connectivity index (χ0v) is 32.0. The van der Waals surface area contributed by atoms with Gasteiger partial charge >= 0.3 is 297 Å². The van der Waals surface area contributed by atoms with Crippen LogP contribution in [0.15, 0.2) is 133 Å². The van der Waals surface area contributed by atoms with Crippen molar-refractivity contribution in [3.8, 4) is 17.2 Å². The molecule has 0 atom stereocenters. The van der Waals surface area contributed by atoms with Gasteiger partial charge in [0.1, 0.15) is 0 Å². The third-order valence-corrected chi connectivity index (χ3v) is 19.6. The van der Waals surface area contributed by atoms with E-state index < -0.39 is 13.9 Å². The molecule has 5 aromatic rings. The monoisotopic (exact) mass is 672 g/mol. The first kappa shape index (κ1) is 36.3. The van der Waals surface area contributed by atoms with Crippen LogP contribution in [0, 0.1) is 0 Å². The van der Waals surface area contributed by atoms with E-state index in [-0.39, 0.29) is 10.3 Å². The number of para-hydroxylation sites is 3. The SMILES string of the molecule is CC(C)c1cc(C(C)C)cc(P(c2ccccc2)(c2ccccc2OB(Oc2ccccc2)Oc2ccccc2)(C(C)(C)C)C(C)(C)C)c1. The fraction of sp³-hybridized carbons (Fsp3) is 0.318. The van der Waals surface area contributed by atoms with Gasteiger partial charge < -0.3 is 0 Å². The first-order valence-electron chi connectivity index (χ1n) is 17.6. The van der Waals surface area contributed by atoms with Crippen LogP contribution in [-0.4, -0.2) is 17.6 Å². The van der Waals surface area contributed by atoms with Gasteiger partial charge in [0.05, 0.1) is 0 Å². The molecule has 0 aromatic heterocycles. The molecule has 5 rings (SSSR count). The molecule has 256 valence electrons. The molecule has 0 amide bonds. The van der Waals surface area contributed by atoms with Crippen molar-refractivity contribution in [2.24, 2.45) is 0 Å². The summed E-state index contributed by atoms with van der Waals surface area (Å²) in [6.45, 7) is 20.2. The van der Waals surface area contributed by atoms with Crippen LogP contribution in [0.4, 0.5) is 0 Å². The van der Waals surface area contributed by atoms with Gasteiger partial charge in [-0.25, -0.2) is 0 Å². The van der Waals surface area contributed by atoms with Crippen molar-refractivity contribution in [2.75, 3.05) is 0 Å². The van der Waals surface area contributed by atoms with Gasteiger partial charge in [-0.3, -0.25) is 0 Å². The molecule has 0 saturated carbocycles. The quantitative estimate of drug-likeness (QED) is 0.103. The normalized spacial score (nSPS) is 13.1. The van der Waals surface area contributed by atoms with Crippen LogP contribution >= 0.6 is 6.60 Å². The molecule has 0 aliphatic rings. The van der Waals surface area contributed by atoms with E-state index >= 15 is 0 Å². The van der Waals surface area contributed by atoms with E-state index in [2.05, 4.69) is 142 Å². The first-order chi connectivity index (χ1) is 23.2. The Kier molecular flexibility index (Phi) is 10.4. The molecule has 0 heterocycles. The van der Waals surface area contributed by atoms with Gasteiger partial charge in [-0.2, -0.15) is 0 Å². The molecule has 0 aliphatic carbocycles. The summed E-state index contributed by atoms with van der Waals surface area (Å²) in [4.78, 5) is 0. The van der Waals surface area contributed by atoms with Crippen molar-refractivity contribution in [1.29, 1.82) is 0 Å². The van der Waals surface area contributed by atoms with E-state index in [1.54, 1.807) is 0 Å². The zero-order valence-electron chi connectivity index (χ0n) is 31.1. The van der Waals surface area contributed by atoms with Crippen LogP contribution in [0.3, 0.4) is 0 Å². The fourth-order valence-electron chi connectivity index (χ4n) is 8.34. The van der Waals surface area contributed by atoms with Crippen LogP contribution in [0.2, 0.25) is 0 Å². The second-order valence-corrected chi connectivity index (χ2v) is 22.1. The summed E-state index contributed by atoms with van der Waals surface area (Å²) in [6, 6.07) is 46.8. The van der Waals surface area contributed by atoms with Crippen molar-refractivity contribution in [3.05, 3.63) is 145 Å². The average molecular weight is 673 g/mol. The third kappa shape index (κ3) is 6.30. The molecule has 0 saturated heterocycles. The number of benzene rings is 5. The van der Waals surface area contributed by atoms with Crippen molar-refractivity contribution >= 4 is 29.8 Å². The van der Waals surface area contributed by atoms with Gasteiger partial charge in [-0.05, 0) is 0 Å². The number of hydrogen-bond acceptors (Lipinski definition) is 3. The van der Waals surface area contributed by atoms with E-state index in [1.807, 2.05) is 60.7 Å². The Morgan fingerprint density at radius 2 is 0.878 bits per heavy atom. The standard InChI is InChI=1S/C44H54BO3P/c1-33(2)35-30-36(34(3)4)32-40(31-35)49(43(5,6)7,44(8,9)10,39-26-18-13-19-27-39)42-29-21-20-28-41(42)48-45(46-37-22-14-11-15-23-37)47-38-24-16-12-17-25-38/h11-34H,1-10H3. The van der Waals surface area contributed by atoms with Gasteiger partial charge in [-0.15, -0.1) is 0 Å². The van der Waals surface area contributed by atoms with Gasteiger partial charge in [0.25, 0.3) is 0 Å². The summed E-state index contributed by atoms with van der Waals surface area (Å²) < 4.78 is 20.0. The predicted molar refractivity (Wildman–Crippen MR) is 213 cm³/mol. The van der Waals surface area contributed by atoms with E-state index in [4.69, 9.17) is 14.0 Å².